The molecule has 1 aromatic rings. The van der Waals surface area contributed by atoms with Gasteiger partial charge in [0, 0.05) is 36.8 Å². The number of aromatic amines is 1. The summed E-state index contributed by atoms with van der Waals surface area (Å²) in [5.74, 6) is 1.29. The number of piperidine rings is 1. The topological polar surface area (TPSA) is 75.0 Å². The molecule has 0 bridgehead atoms. The zero-order valence-electron chi connectivity index (χ0n) is 12.6. The Morgan fingerprint density at radius 2 is 2.19 bits per heavy atom. The first-order valence-electron chi connectivity index (χ1n) is 8.27. The van der Waals surface area contributed by atoms with Gasteiger partial charge in [-0.15, -0.1) is 0 Å². The molecule has 1 aliphatic heterocycles. The van der Waals surface area contributed by atoms with Gasteiger partial charge in [0.2, 0.25) is 5.91 Å². The first-order chi connectivity index (χ1) is 10.3. The third kappa shape index (κ3) is 3.12. The van der Waals surface area contributed by atoms with Gasteiger partial charge >= 0.3 is 0 Å². The lowest BCUT2D eigenvalue weighted by Crippen LogP contribution is -2.46. The van der Waals surface area contributed by atoms with Gasteiger partial charge < -0.3 is 10.6 Å². The van der Waals surface area contributed by atoms with Crippen molar-refractivity contribution in [3.05, 3.63) is 18.0 Å². The highest BCUT2D eigenvalue weighted by Gasteiger charge is 2.35. The molecule has 1 saturated heterocycles. The second-order valence-corrected chi connectivity index (χ2v) is 6.52. The number of hydrogen-bond acceptors (Lipinski definition) is 3. The molecule has 3 unspecified atom stereocenters. The van der Waals surface area contributed by atoms with Gasteiger partial charge in [0.05, 0.1) is 0 Å². The summed E-state index contributed by atoms with van der Waals surface area (Å²) in [5.41, 5.74) is 7.04. The second-order valence-electron chi connectivity index (χ2n) is 6.52. The van der Waals surface area contributed by atoms with E-state index in [0.29, 0.717) is 24.3 Å². The van der Waals surface area contributed by atoms with Crippen molar-refractivity contribution >= 4 is 5.91 Å². The summed E-state index contributed by atoms with van der Waals surface area (Å²) >= 11 is 0. The third-order valence-corrected chi connectivity index (χ3v) is 5.22. The summed E-state index contributed by atoms with van der Waals surface area (Å²) in [5, 5.41) is 7.10. The van der Waals surface area contributed by atoms with Crippen LogP contribution in [0.25, 0.3) is 0 Å². The van der Waals surface area contributed by atoms with Crippen LogP contribution in [0.3, 0.4) is 0 Å². The molecular formula is C16H26N4O. The van der Waals surface area contributed by atoms with Gasteiger partial charge in [-0.2, -0.15) is 5.10 Å². The fourth-order valence-electron chi connectivity index (χ4n) is 3.97. The van der Waals surface area contributed by atoms with Crippen LogP contribution in [0, 0.1) is 11.8 Å². The maximum Gasteiger partial charge on any atom is 0.226 e. The number of H-pyrrole nitrogens is 1. The van der Waals surface area contributed by atoms with E-state index in [9.17, 15) is 4.79 Å². The number of carbonyl (C=O) groups is 1. The van der Waals surface area contributed by atoms with Crippen molar-refractivity contribution in [2.45, 2.75) is 44.4 Å². The summed E-state index contributed by atoms with van der Waals surface area (Å²) in [6.45, 7) is 2.38. The molecule has 2 heterocycles. The second kappa shape index (κ2) is 6.60. The smallest absolute Gasteiger partial charge is 0.226 e. The Hall–Kier alpha value is -1.36. The van der Waals surface area contributed by atoms with Crippen LogP contribution >= 0.6 is 0 Å². The fraction of sp³-hybridized carbons (Fsp3) is 0.750. The zero-order valence-corrected chi connectivity index (χ0v) is 12.6. The Bertz CT molecular complexity index is 459. The molecular weight excluding hydrogens is 264 g/mol. The molecule has 5 nitrogen and oxygen atoms in total. The SMILES string of the molecule is NCC1CCCCC1C(=O)N1CCCC(c2ccn[nH]2)C1. The van der Waals surface area contributed by atoms with E-state index in [0.717, 1.165) is 44.5 Å². The van der Waals surface area contributed by atoms with Crippen LogP contribution < -0.4 is 5.73 Å². The molecule has 3 rings (SSSR count). The normalized spacial score (nSPS) is 30.3. The van der Waals surface area contributed by atoms with Gasteiger partial charge in [-0.25, -0.2) is 0 Å². The molecule has 21 heavy (non-hydrogen) atoms. The van der Waals surface area contributed by atoms with Crippen LogP contribution in [0.4, 0.5) is 0 Å². The standard InChI is InChI=1S/C16H26N4O/c17-10-12-4-1-2-6-14(12)16(21)20-9-3-5-13(11-20)15-7-8-18-19-15/h7-8,12-14H,1-6,9-11,17H2,(H,18,19). The largest absolute Gasteiger partial charge is 0.342 e. The number of carbonyl (C=O) groups excluding carboxylic acids is 1. The molecule has 1 aromatic heterocycles. The third-order valence-electron chi connectivity index (χ3n) is 5.22. The molecule has 0 spiro atoms. The molecule has 1 aliphatic carbocycles. The number of amides is 1. The summed E-state index contributed by atoms with van der Waals surface area (Å²) in [4.78, 5) is 15.0. The molecule has 2 fully saturated rings. The van der Waals surface area contributed by atoms with Gasteiger partial charge in [0.25, 0.3) is 0 Å². The van der Waals surface area contributed by atoms with Crippen molar-refractivity contribution in [1.29, 1.82) is 0 Å². The number of aromatic nitrogens is 2. The van der Waals surface area contributed by atoms with Gasteiger partial charge in [-0.3, -0.25) is 9.89 Å². The average Bonchev–Trinajstić information content (AvgIpc) is 3.09. The lowest BCUT2D eigenvalue weighted by Gasteiger charge is -2.38. The molecule has 2 aliphatic rings. The molecule has 3 N–H and O–H groups in total. The van der Waals surface area contributed by atoms with E-state index in [1.165, 1.54) is 12.8 Å². The number of rotatable bonds is 3. The summed E-state index contributed by atoms with van der Waals surface area (Å²) in [6, 6.07) is 2.03. The Labute approximate surface area is 126 Å². The van der Waals surface area contributed by atoms with Crippen LogP contribution in [-0.4, -0.2) is 40.6 Å². The van der Waals surface area contributed by atoms with E-state index < -0.39 is 0 Å². The zero-order chi connectivity index (χ0) is 14.7. The van der Waals surface area contributed by atoms with Gasteiger partial charge in [-0.05, 0) is 44.2 Å². The Balaban J connectivity index is 1.66. The van der Waals surface area contributed by atoms with Crippen molar-refractivity contribution < 1.29 is 4.79 Å². The molecule has 1 amide bonds. The number of hydrogen-bond donors (Lipinski definition) is 2. The number of nitrogens with zero attached hydrogens (tertiary/aromatic N) is 2. The quantitative estimate of drug-likeness (QED) is 0.892. The maximum absolute atomic E-state index is 12.9. The van der Waals surface area contributed by atoms with Crippen LogP contribution in [0.1, 0.15) is 50.1 Å². The van der Waals surface area contributed by atoms with Crippen molar-refractivity contribution in [2.24, 2.45) is 17.6 Å². The molecule has 1 saturated carbocycles. The van der Waals surface area contributed by atoms with Crippen LogP contribution in [0.15, 0.2) is 12.3 Å². The monoisotopic (exact) mass is 290 g/mol. The van der Waals surface area contributed by atoms with Crippen LogP contribution in [-0.2, 0) is 4.79 Å². The van der Waals surface area contributed by atoms with E-state index >= 15 is 0 Å². The van der Waals surface area contributed by atoms with Crippen molar-refractivity contribution in [2.75, 3.05) is 19.6 Å². The molecule has 3 atom stereocenters. The van der Waals surface area contributed by atoms with E-state index in [1.54, 1.807) is 6.20 Å². The van der Waals surface area contributed by atoms with E-state index in [1.807, 2.05) is 6.07 Å². The maximum atomic E-state index is 12.9. The molecule has 5 heteroatoms. The Morgan fingerprint density at radius 3 is 2.95 bits per heavy atom. The Morgan fingerprint density at radius 1 is 1.33 bits per heavy atom. The van der Waals surface area contributed by atoms with E-state index in [4.69, 9.17) is 5.73 Å². The van der Waals surface area contributed by atoms with Crippen LogP contribution in [0.5, 0.6) is 0 Å². The first-order valence-corrected chi connectivity index (χ1v) is 8.27. The average molecular weight is 290 g/mol. The van der Waals surface area contributed by atoms with Crippen molar-refractivity contribution in [3.8, 4) is 0 Å². The van der Waals surface area contributed by atoms with E-state index in [-0.39, 0.29) is 5.92 Å². The highest BCUT2D eigenvalue weighted by atomic mass is 16.2. The summed E-state index contributed by atoms with van der Waals surface area (Å²) in [6.07, 6.45) is 8.54. The van der Waals surface area contributed by atoms with Crippen LogP contribution in [0.2, 0.25) is 0 Å². The van der Waals surface area contributed by atoms with Gasteiger partial charge in [0.15, 0.2) is 0 Å². The number of nitrogens with one attached hydrogen (secondary N) is 1. The summed E-state index contributed by atoms with van der Waals surface area (Å²) in [7, 11) is 0. The van der Waals surface area contributed by atoms with Gasteiger partial charge in [-0.1, -0.05) is 12.8 Å². The minimum atomic E-state index is 0.157. The van der Waals surface area contributed by atoms with Crippen molar-refractivity contribution in [3.63, 3.8) is 0 Å². The molecule has 116 valence electrons. The Kier molecular flexibility index (Phi) is 4.58. The molecule has 0 radical (unpaired) electrons. The number of likely N-dealkylation sites (tertiary alicyclic amines) is 1. The highest BCUT2D eigenvalue weighted by molar-refractivity contribution is 5.79. The molecule has 0 aromatic carbocycles. The minimum Gasteiger partial charge on any atom is -0.342 e. The first kappa shape index (κ1) is 14.6. The lowest BCUT2D eigenvalue weighted by molar-refractivity contribution is -0.139. The predicted octanol–water partition coefficient (Wildman–Crippen LogP) is 1.88. The van der Waals surface area contributed by atoms with Gasteiger partial charge in [0.1, 0.15) is 0 Å². The lowest BCUT2D eigenvalue weighted by atomic mass is 9.78. The minimum absolute atomic E-state index is 0.157. The predicted molar refractivity (Wildman–Crippen MR) is 81.6 cm³/mol. The fourth-order valence-corrected chi connectivity index (χ4v) is 3.97. The van der Waals surface area contributed by atoms with E-state index in [2.05, 4.69) is 15.1 Å². The highest BCUT2D eigenvalue weighted by Crippen LogP contribution is 2.33. The number of nitrogens with two attached hydrogens (primary N) is 1. The van der Waals surface area contributed by atoms with Crippen molar-refractivity contribution in [1.82, 2.24) is 15.1 Å². The summed E-state index contributed by atoms with van der Waals surface area (Å²) < 4.78 is 0.